The normalized spacial score (nSPS) is 22.5. The number of hydrogen-bond donors (Lipinski definition) is 0. The Bertz CT molecular complexity index is 194. The minimum absolute atomic E-state index is 0.468. The highest BCUT2D eigenvalue weighted by Gasteiger charge is 2.18. The van der Waals surface area contributed by atoms with Crippen LogP contribution in [0.1, 0.15) is 6.92 Å². The molecule has 1 heterocycles. The summed E-state index contributed by atoms with van der Waals surface area (Å²) in [6.45, 7) is 1.25. The summed E-state index contributed by atoms with van der Waals surface area (Å²) in [5.41, 5.74) is 0. The van der Waals surface area contributed by atoms with E-state index in [1.54, 1.807) is 0 Å². The predicted molar refractivity (Wildman–Crippen MR) is 30.8 cm³/mol. The summed E-state index contributed by atoms with van der Waals surface area (Å²) in [6.07, 6.45) is 1.78. The van der Waals surface area contributed by atoms with Crippen LogP contribution in [-0.2, 0) is 19.1 Å². The number of carbonyl (C=O) groups is 2. The van der Waals surface area contributed by atoms with E-state index in [9.17, 15) is 9.59 Å². The van der Waals surface area contributed by atoms with Crippen molar-refractivity contribution < 1.29 is 19.1 Å². The minimum atomic E-state index is -0.815. The molecule has 0 saturated carbocycles. The Kier molecular flexibility index (Phi) is 1.71. The topological polar surface area (TPSA) is 52.6 Å². The van der Waals surface area contributed by atoms with Gasteiger partial charge in [0.15, 0.2) is 0 Å². The van der Waals surface area contributed by atoms with Gasteiger partial charge in [-0.05, 0) is 0 Å². The second-order valence-corrected chi connectivity index (χ2v) is 1.77. The molecule has 1 rings (SSSR count). The lowest BCUT2D eigenvalue weighted by atomic mass is 10.5. The summed E-state index contributed by atoms with van der Waals surface area (Å²) in [7, 11) is 0. The van der Waals surface area contributed by atoms with Crippen molar-refractivity contribution >= 4 is 11.9 Å². The van der Waals surface area contributed by atoms with Gasteiger partial charge in [0.05, 0.1) is 0 Å². The van der Waals surface area contributed by atoms with Gasteiger partial charge >= 0.3 is 11.9 Å². The van der Waals surface area contributed by atoms with E-state index in [2.05, 4.69) is 9.47 Å². The van der Waals surface area contributed by atoms with E-state index >= 15 is 0 Å². The van der Waals surface area contributed by atoms with Gasteiger partial charge in [-0.25, -0.2) is 4.79 Å². The van der Waals surface area contributed by atoms with Crippen LogP contribution < -0.4 is 0 Å². The van der Waals surface area contributed by atoms with Gasteiger partial charge in [0.25, 0.3) is 6.29 Å². The lowest BCUT2D eigenvalue weighted by Crippen LogP contribution is -2.15. The quantitative estimate of drug-likeness (QED) is 0.483. The lowest BCUT2D eigenvalue weighted by Gasteiger charge is -2.06. The highest BCUT2D eigenvalue weighted by molar-refractivity contribution is 5.84. The first-order chi connectivity index (χ1) is 4.68. The highest BCUT2D eigenvalue weighted by atomic mass is 16.7. The molecule has 0 saturated heterocycles. The van der Waals surface area contributed by atoms with E-state index in [4.69, 9.17) is 0 Å². The first-order valence-corrected chi connectivity index (χ1v) is 2.74. The molecule has 0 N–H and O–H groups in total. The molecular formula is C6H6O4. The van der Waals surface area contributed by atoms with E-state index < -0.39 is 18.2 Å². The molecular weight excluding hydrogens is 136 g/mol. The van der Waals surface area contributed by atoms with E-state index in [0.717, 1.165) is 0 Å². The van der Waals surface area contributed by atoms with Crippen LogP contribution in [0.4, 0.5) is 0 Å². The molecule has 0 aromatic carbocycles. The Balaban J connectivity index is 2.40. The number of carbonyl (C=O) groups excluding carboxylic acids is 2. The molecule has 0 aromatic rings. The van der Waals surface area contributed by atoms with Crippen LogP contribution in [0.15, 0.2) is 12.2 Å². The van der Waals surface area contributed by atoms with Crippen molar-refractivity contribution in [3.63, 3.8) is 0 Å². The largest absolute Gasteiger partial charge is 0.421 e. The molecule has 0 spiro atoms. The second kappa shape index (κ2) is 2.51. The summed E-state index contributed by atoms with van der Waals surface area (Å²) in [5, 5.41) is 0. The number of ether oxygens (including phenoxy) is 2. The average molecular weight is 142 g/mol. The zero-order chi connectivity index (χ0) is 7.56. The first kappa shape index (κ1) is 6.80. The standard InChI is InChI=1S/C6H6O4/c1-4(7)9-6-3-2-5(8)10-6/h2-3,6H,1H3/t6-/m0/s1. The number of hydrogen-bond acceptors (Lipinski definition) is 4. The molecule has 0 aromatic heterocycles. The fourth-order valence-electron chi connectivity index (χ4n) is 0.577. The molecule has 0 amide bonds. The highest BCUT2D eigenvalue weighted by Crippen LogP contribution is 2.05. The van der Waals surface area contributed by atoms with Crippen molar-refractivity contribution in [3.8, 4) is 0 Å². The Morgan fingerprint density at radius 2 is 2.50 bits per heavy atom. The summed E-state index contributed by atoms with van der Waals surface area (Å²) in [4.78, 5) is 20.6. The Morgan fingerprint density at radius 1 is 1.80 bits per heavy atom. The summed E-state index contributed by atoms with van der Waals surface area (Å²) in [6, 6.07) is 0. The van der Waals surface area contributed by atoms with Crippen LogP contribution in [-0.4, -0.2) is 18.2 Å². The molecule has 4 heteroatoms. The van der Waals surface area contributed by atoms with Crippen molar-refractivity contribution in [2.75, 3.05) is 0 Å². The summed E-state index contributed by atoms with van der Waals surface area (Å²) < 4.78 is 8.99. The molecule has 10 heavy (non-hydrogen) atoms. The van der Waals surface area contributed by atoms with Gasteiger partial charge in [-0.15, -0.1) is 0 Å². The van der Waals surface area contributed by atoms with E-state index in [-0.39, 0.29) is 0 Å². The third-order valence-corrected chi connectivity index (χ3v) is 0.904. The Labute approximate surface area is 57.4 Å². The predicted octanol–water partition coefficient (Wildman–Crippen LogP) is -0.0114. The van der Waals surface area contributed by atoms with Crippen LogP contribution in [0, 0.1) is 0 Å². The first-order valence-electron chi connectivity index (χ1n) is 2.74. The molecule has 0 aliphatic carbocycles. The van der Waals surface area contributed by atoms with E-state index in [1.165, 1.54) is 19.1 Å². The number of rotatable bonds is 1. The van der Waals surface area contributed by atoms with Crippen molar-refractivity contribution in [2.24, 2.45) is 0 Å². The maximum atomic E-state index is 10.3. The molecule has 4 nitrogen and oxygen atoms in total. The van der Waals surface area contributed by atoms with Gasteiger partial charge < -0.3 is 9.47 Å². The fraction of sp³-hybridized carbons (Fsp3) is 0.333. The Hall–Kier alpha value is -1.32. The second-order valence-electron chi connectivity index (χ2n) is 1.77. The molecule has 0 fully saturated rings. The molecule has 1 aliphatic rings. The molecule has 0 bridgehead atoms. The van der Waals surface area contributed by atoms with Crippen LogP contribution in [0.3, 0.4) is 0 Å². The molecule has 54 valence electrons. The third-order valence-electron chi connectivity index (χ3n) is 0.904. The number of esters is 2. The zero-order valence-corrected chi connectivity index (χ0v) is 5.37. The van der Waals surface area contributed by atoms with Crippen molar-refractivity contribution in [3.05, 3.63) is 12.2 Å². The van der Waals surface area contributed by atoms with E-state index in [0.29, 0.717) is 0 Å². The SMILES string of the molecule is CC(=O)O[C@@H]1C=CC(=O)O1. The van der Waals surface area contributed by atoms with Crippen molar-refractivity contribution in [1.82, 2.24) is 0 Å². The minimum Gasteiger partial charge on any atom is -0.421 e. The van der Waals surface area contributed by atoms with Gasteiger partial charge in [-0.1, -0.05) is 0 Å². The van der Waals surface area contributed by atoms with Gasteiger partial charge in [0, 0.05) is 19.1 Å². The average Bonchev–Trinajstić information content (AvgIpc) is 2.13. The van der Waals surface area contributed by atoms with Gasteiger partial charge in [0.1, 0.15) is 0 Å². The monoisotopic (exact) mass is 142 g/mol. The molecule has 1 aliphatic heterocycles. The van der Waals surface area contributed by atoms with Crippen molar-refractivity contribution in [1.29, 1.82) is 0 Å². The van der Waals surface area contributed by atoms with Crippen LogP contribution >= 0.6 is 0 Å². The summed E-state index contributed by atoms with van der Waals surface area (Å²) in [5.74, 6) is -0.949. The third kappa shape index (κ3) is 1.58. The van der Waals surface area contributed by atoms with Gasteiger partial charge in [0.2, 0.25) is 0 Å². The van der Waals surface area contributed by atoms with Crippen LogP contribution in [0.5, 0.6) is 0 Å². The zero-order valence-electron chi connectivity index (χ0n) is 5.37. The smallest absolute Gasteiger partial charge is 0.334 e. The number of cyclic esters (lactones) is 1. The van der Waals surface area contributed by atoms with Crippen LogP contribution in [0.2, 0.25) is 0 Å². The molecule has 0 unspecified atom stereocenters. The van der Waals surface area contributed by atoms with Crippen molar-refractivity contribution in [2.45, 2.75) is 13.2 Å². The van der Waals surface area contributed by atoms with Crippen LogP contribution in [0.25, 0.3) is 0 Å². The lowest BCUT2D eigenvalue weighted by molar-refractivity contribution is -0.170. The maximum absolute atomic E-state index is 10.3. The van der Waals surface area contributed by atoms with E-state index in [1.807, 2.05) is 0 Å². The molecule has 0 radical (unpaired) electrons. The Morgan fingerprint density at radius 3 is 2.90 bits per heavy atom. The maximum Gasteiger partial charge on any atom is 0.334 e. The van der Waals surface area contributed by atoms with Gasteiger partial charge in [-0.2, -0.15) is 0 Å². The fourth-order valence-corrected chi connectivity index (χ4v) is 0.577. The molecule has 1 atom stereocenters. The summed E-state index contributed by atoms with van der Waals surface area (Å²) >= 11 is 0. The van der Waals surface area contributed by atoms with Gasteiger partial charge in [-0.3, -0.25) is 4.79 Å².